The van der Waals surface area contributed by atoms with Crippen molar-refractivity contribution in [2.45, 2.75) is 0 Å². The number of non-ortho nitro benzene ring substituents is 1. The van der Waals surface area contributed by atoms with E-state index in [2.05, 4.69) is 10.3 Å². The summed E-state index contributed by atoms with van der Waals surface area (Å²) in [5, 5.41) is 15.0. The number of aromatic nitrogens is 1. The number of carbonyl (C=O) groups excluding carboxylic acids is 1. The lowest BCUT2D eigenvalue weighted by molar-refractivity contribution is -0.383. The fourth-order valence-corrected chi connectivity index (χ4v) is 3.20. The number of halogens is 2. The van der Waals surface area contributed by atoms with Crippen LogP contribution in [0.15, 0.2) is 48.7 Å². The Bertz CT molecular complexity index is 1020. The highest BCUT2D eigenvalue weighted by Gasteiger charge is 2.18. The van der Waals surface area contributed by atoms with Crippen LogP contribution in [-0.4, -0.2) is 29.4 Å². The van der Waals surface area contributed by atoms with Crippen molar-refractivity contribution in [3.63, 3.8) is 0 Å². The minimum atomic E-state index is -0.458. The van der Waals surface area contributed by atoms with E-state index in [0.29, 0.717) is 32.3 Å². The van der Waals surface area contributed by atoms with Gasteiger partial charge >= 0.3 is 0 Å². The number of anilines is 2. The highest BCUT2D eigenvalue weighted by Crippen LogP contribution is 2.32. The third kappa shape index (κ3) is 3.94. The molecule has 0 unspecified atom stereocenters. The standard InChI is InChI=1S/C18H14Cl2N4O3/c1-23(10-16(25)22-18-12(19)5-2-6-13(18)20)15-8-7-14(24(26)27)11-4-3-9-21-17(11)15/h2-9H,10H2,1H3,(H,22,25). The van der Waals surface area contributed by atoms with E-state index in [1.165, 1.54) is 6.07 Å². The SMILES string of the molecule is CN(CC(=O)Nc1c(Cl)cccc1Cl)c1ccc([N+](=O)[O-])c2cccnc12. The van der Waals surface area contributed by atoms with Gasteiger partial charge in [-0.05, 0) is 30.3 Å². The highest BCUT2D eigenvalue weighted by atomic mass is 35.5. The molecule has 0 aliphatic rings. The lowest BCUT2D eigenvalue weighted by atomic mass is 10.1. The summed E-state index contributed by atoms with van der Waals surface area (Å²) >= 11 is 12.1. The van der Waals surface area contributed by atoms with Crippen LogP contribution in [0.2, 0.25) is 10.0 Å². The van der Waals surface area contributed by atoms with Gasteiger partial charge in [0.2, 0.25) is 5.91 Å². The first-order valence-corrected chi connectivity index (χ1v) is 8.61. The zero-order valence-electron chi connectivity index (χ0n) is 14.1. The zero-order valence-corrected chi connectivity index (χ0v) is 15.7. The molecule has 0 aliphatic heterocycles. The Labute approximate surface area is 164 Å². The lowest BCUT2D eigenvalue weighted by Gasteiger charge is -2.20. The molecule has 27 heavy (non-hydrogen) atoms. The van der Waals surface area contributed by atoms with Gasteiger partial charge in [-0.1, -0.05) is 29.3 Å². The van der Waals surface area contributed by atoms with Crippen LogP contribution in [0, 0.1) is 10.1 Å². The maximum Gasteiger partial charge on any atom is 0.278 e. The molecule has 3 rings (SSSR count). The number of para-hydroxylation sites is 1. The summed E-state index contributed by atoms with van der Waals surface area (Å²) in [4.78, 5) is 29.1. The fourth-order valence-electron chi connectivity index (χ4n) is 2.71. The van der Waals surface area contributed by atoms with Crippen molar-refractivity contribution >= 4 is 57.1 Å². The number of nitro benzene ring substituents is 1. The fraction of sp³-hybridized carbons (Fsp3) is 0.111. The molecule has 2 aromatic carbocycles. The van der Waals surface area contributed by atoms with E-state index in [-0.39, 0.29) is 18.1 Å². The molecule has 1 heterocycles. The average molecular weight is 405 g/mol. The Kier molecular flexibility index (Phi) is 5.43. The van der Waals surface area contributed by atoms with Crippen LogP contribution < -0.4 is 10.2 Å². The molecule has 0 saturated heterocycles. The number of rotatable bonds is 5. The number of nitro groups is 1. The van der Waals surface area contributed by atoms with Crippen molar-refractivity contribution in [3.05, 3.63) is 68.8 Å². The molecule has 0 bridgehead atoms. The van der Waals surface area contributed by atoms with Crippen LogP contribution in [0.25, 0.3) is 10.9 Å². The number of hydrogen-bond acceptors (Lipinski definition) is 5. The van der Waals surface area contributed by atoms with Crippen molar-refractivity contribution in [2.75, 3.05) is 23.8 Å². The van der Waals surface area contributed by atoms with Crippen molar-refractivity contribution in [2.24, 2.45) is 0 Å². The van der Waals surface area contributed by atoms with Crippen molar-refractivity contribution < 1.29 is 9.72 Å². The minimum absolute atomic E-state index is 0.0228. The van der Waals surface area contributed by atoms with Gasteiger partial charge in [-0.25, -0.2) is 0 Å². The van der Waals surface area contributed by atoms with E-state index < -0.39 is 4.92 Å². The van der Waals surface area contributed by atoms with Crippen LogP contribution in [-0.2, 0) is 4.79 Å². The van der Waals surface area contributed by atoms with Gasteiger partial charge in [0, 0.05) is 19.3 Å². The molecule has 0 atom stereocenters. The summed E-state index contributed by atoms with van der Waals surface area (Å²) < 4.78 is 0. The van der Waals surface area contributed by atoms with Crippen LogP contribution in [0.5, 0.6) is 0 Å². The predicted octanol–water partition coefficient (Wildman–Crippen LogP) is 4.52. The molecule has 0 radical (unpaired) electrons. The maximum absolute atomic E-state index is 12.4. The lowest BCUT2D eigenvalue weighted by Crippen LogP contribution is -2.30. The molecule has 9 heteroatoms. The summed E-state index contributed by atoms with van der Waals surface area (Å²) in [5.41, 5.74) is 1.34. The largest absolute Gasteiger partial charge is 0.364 e. The van der Waals surface area contributed by atoms with Gasteiger partial charge in [0.25, 0.3) is 5.69 Å². The van der Waals surface area contributed by atoms with Crippen molar-refractivity contribution in [3.8, 4) is 0 Å². The Morgan fingerprint density at radius 2 is 1.89 bits per heavy atom. The molecule has 0 fully saturated rings. The first-order chi connectivity index (χ1) is 12.9. The summed E-state index contributed by atoms with van der Waals surface area (Å²) in [5.74, 6) is -0.338. The number of nitrogens with one attached hydrogen (secondary N) is 1. The molecule has 1 amide bonds. The smallest absolute Gasteiger partial charge is 0.278 e. The molecule has 0 spiro atoms. The Hall–Kier alpha value is -2.90. The number of fused-ring (bicyclic) bond motifs is 1. The normalized spacial score (nSPS) is 10.6. The predicted molar refractivity (Wildman–Crippen MR) is 107 cm³/mol. The monoisotopic (exact) mass is 404 g/mol. The summed E-state index contributed by atoms with van der Waals surface area (Å²) in [7, 11) is 1.70. The molecule has 1 aromatic heterocycles. The van der Waals surface area contributed by atoms with E-state index >= 15 is 0 Å². The Morgan fingerprint density at radius 3 is 2.56 bits per heavy atom. The van der Waals surface area contributed by atoms with Crippen molar-refractivity contribution in [1.82, 2.24) is 4.98 Å². The highest BCUT2D eigenvalue weighted by molar-refractivity contribution is 6.39. The average Bonchev–Trinajstić information content (AvgIpc) is 2.63. The second-order valence-corrected chi connectivity index (χ2v) is 6.58. The van der Waals surface area contributed by atoms with E-state index in [4.69, 9.17) is 23.2 Å². The molecule has 7 nitrogen and oxygen atoms in total. The van der Waals surface area contributed by atoms with Gasteiger partial charge in [-0.15, -0.1) is 0 Å². The van der Waals surface area contributed by atoms with Crippen LogP contribution in [0.1, 0.15) is 0 Å². The van der Waals surface area contributed by atoms with Crippen molar-refractivity contribution in [1.29, 1.82) is 0 Å². The number of carbonyl (C=O) groups is 1. The first-order valence-electron chi connectivity index (χ1n) is 7.85. The minimum Gasteiger partial charge on any atom is -0.364 e. The molecule has 0 saturated carbocycles. The van der Waals surface area contributed by atoms with Gasteiger partial charge < -0.3 is 10.2 Å². The number of amides is 1. The molecule has 3 aromatic rings. The second-order valence-electron chi connectivity index (χ2n) is 5.76. The Balaban J connectivity index is 1.86. The molecular formula is C18H14Cl2N4O3. The molecule has 1 N–H and O–H groups in total. The third-order valence-electron chi connectivity index (χ3n) is 3.94. The first kappa shape index (κ1) is 18.9. The number of pyridine rings is 1. The van der Waals surface area contributed by atoms with E-state index in [0.717, 1.165) is 0 Å². The van der Waals surface area contributed by atoms with E-state index in [9.17, 15) is 14.9 Å². The molecular weight excluding hydrogens is 391 g/mol. The van der Waals surface area contributed by atoms with Gasteiger partial charge in [-0.2, -0.15) is 0 Å². The van der Waals surface area contributed by atoms with Crippen LogP contribution >= 0.6 is 23.2 Å². The van der Waals surface area contributed by atoms with Gasteiger partial charge in [0.05, 0.1) is 38.3 Å². The van der Waals surface area contributed by atoms with Gasteiger partial charge in [0.1, 0.15) is 5.52 Å². The summed E-state index contributed by atoms with van der Waals surface area (Å²) in [6.07, 6.45) is 1.55. The topological polar surface area (TPSA) is 88.4 Å². The summed E-state index contributed by atoms with van der Waals surface area (Å²) in [6.45, 7) is -0.0228. The van der Waals surface area contributed by atoms with Gasteiger partial charge in [-0.3, -0.25) is 19.9 Å². The van der Waals surface area contributed by atoms with E-state index in [1.54, 1.807) is 54.5 Å². The second kappa shape index (κ2) is 7.77. The molecule has 0 aliphatic carbocycles. The van der Waals surface area contributed by atoms with Crippen LogP contribution in [0.3, 0.4) is 0 Å². The number of benzene rings is 2. The zero-order chi connectivity index (χ0) is 19.6. The Morgan fingerprint density at radius 1 is 1.19 bits per heavy atom. The maximum atomic E-state index is 12.4. The number of nitrogens with zero attached hydrogens (tertiary/aromatic N) is 3. The van der Waals surface area contributed by atoms with Crippen LogP contribution in [0.4, 0.5) is 17.1 Å². The molecule has 138 valence electrons. The van der Waals surface area contributed by atoms with E-state index in [1.807, 2.05) is 0 Å². The number of likely N-dealkylation sites (N-methyl/N-ethyl adjacent to an activating group) is 1. The summed E-state index contributed by atoms with van der Waals surface area (Å²) in [6, 6.07) is 11.2. The quantitative estimate of drug-likeness (QED) is 0.498. The van der Waals surface area contributed by atoms with Gasteiger partial charge in [0.15, 0.2) is 0 Å². The number of hydrogen-bond donors (Lipinski definition) is 1. The third-order valence-corrected chi connectivity index (χ3v) is 4.57.